The van der Waals surface area contributed by atoms with Crippen LogP contribution in [0.15, 0.2) is 380 Å². The van der Waals surface area contributed by atoms with Gasteiger partial charge in [-0.3, -0.25) is 14.8 Å². The standard InChI is InChI=1S/C35H33N3OS.2C33H28BNS.C28H17NO4S3/c1-34(2,3)23-11-14-30-26(19-23)27-20-24(35(4,5)6)12-15-31(27)38(30)33-25(16-18-40-33)22-10-13-29(37-21-22)32(39)28-9-7-8-17-36-28;1-20-13-22(3)32-24(15-20)17-25-16-21(2)14-23(4)33(25)34(32)28-18-36-19-31(28)35-29-11-7-5-9-26(29)27-10-6-8-12-30(27)35;1-20-15-22(3)31-24(17-20)19-25-18-21(2)16-23(4)32(25)34(31)28-13-14-36-33(28)35-29-11-7-5-9-26(29)27-10-6-8-12-30(27)35;30-35(31)24-11-5-6-12-25(24)36(32,33)27-17-18(13-14-26(27)35)28-23(15-16-34-28)29-21-9-3-1-7-19(21)20-8-2-4-10-22(20)29/h7-21H,1-6H3;5-16,18-19H,17H2,1-4H3;5-18H,19H2,1-4H3;1-17H. The lowest BCUT2D eigenvalue weighted by atomic mass is 9.32. The summed E-state index contributed by atoms with van der Waals surface area (Å²) in [4.78, 5) is 21.7. The van der Waals surface area contributed by atoms with Crippen LogP contribution < -0.4 is 32.8 Å². The van der Waals surface area contributed by atoms with E-state index in [1.165, 1.54) is 228 Å². The van der Waals surface area contributed by atoms with Crippen LogP contribution in [0, 0.1) is 55.4 Å². The number of benzene rings is 14. The highest BCUT2D eigenvalue weighted by molar-refractivity contribution is 7.97. The summed E-state index contributed by atoms with van der Waals surface area (Å²) in [5.74, 6) is -0.176. The van der Waals surface area contributed by atoms with Gasteiger partial charge in [0.1, 0.15) is 16.4 Å². The Morgan fingerprint density at radius 3 is 1.14 bits per heavy atom. The number of rotatable bonds is 10. The van der Waals surface area contributed by atoms with Crippen LogP contribution in [0.25, 0.3) is 130 Å². The van der Waals surface area contributed by atoms with E-state index in [0.29, 0.717) is 17.0 Å². The summed E-state index contributed by atoms with van der Waals surface area (Å²) in [6, 6.07) is 111. The number of hydrogen-bond donors (Lipinski definition) is 0. The van der Waals surface area contributed by atoms with E-state index in [1.54, 1.807) is 54.1 Å². The highest BCUT2D eigenvalue weighted by atomic mass is 32.2. The Hall–Kier alpha value is -14.9. The summed E-state index contributed by atoms with van der Waals surface area (Å²) in [5, 5.41) is 23.6. The van der Waals surface area contributed by atoms with Gasteiger partial charge in [0.2, 0.25) is 38.9 Å². The lowest BCUT2D eigenvalue weighted by Crippen LogP contribution is -2.59. The predicted molar refractivity (Wildman–Crippen MR) is 624 cm³/mol. The average Bonchev–Trinajstić information content (AvgIpc) is 1.17. The van der Waals surface area contributed by atoms with Crippen molar-refractivity contribution in [1.29, 1.82) is 0 Å². The molecule has 0 unspecified atom stereocenters. The van der Waals surface area contributed by atoms with E-state index >= 15 is 0 Å². The minimum Gasteiger partial charge on any atom is -0.309 e. The fourth-order valence-electron chi connectivity index (χ4n) is 23.8. The molecule has 13 heterocycles. The number of carbonyl (C=O) groups is 1. The van der Waals surface area contributed by atoms with Gasteiger partial charge in [0, 0.05) is 72.0 Å². The van der Waals surface area contributed by atoms with E-state index in [9.17, 15) is 21.6 Å². The summed E-state index contributed by atoms with van der Waals surface area (Å²) < 4.78 is 63.1. The molecule has 148 heavy (non-hydrogen) atoms. The normalized spacial score (nSPS) is 13.4. The molecule has 0 radical (unpaired) electrons. The highest BCUT2D eigenvalue weighted by Gasteiger charge is 2.42. The third kappa shape index (κ3) is 16.1. The molecule has 0 spiro atoms. The second kappa shape index (κ2) is 36.9. The topological polar surface area (TPSA) is 131 Å². The van der Waals surface area contributed by atoms with Crippen molar-refractivity contribution in [2.75, 3.05) is 0 Å². The van der Waals surface area contributed by atoms with Crippen LogP contribution in [-0.4, -0.2) is 64.3 Å². The molecule has 0 atom stereocenters. The summed E-state index contributed by atoms with van der Waals surface area (Å²) in [7, 11) is -7.95. The first-order valence-corrected chi connectivity index (χ1v) is 56.9. The lowest BCUT2D eigenvalue weighted by Gasteiger charge is -2.31. The second-order valence-electron chi connectivity index (χ2n) is 42.0. The number of fused-ring (bicyclic) bond motifs is 18. The lowest BCUT2D eigenvalue weighted by molar-refractivity contribution is 0.102. The van der Waals surface area contributed by atoms with Crippen molar-refractivity contribution in [3.05, 3.63) is 450 Å². The monoisotopic (exact) mass is 2030 g/mol. The van der Waals surface area contributed by atoms with E-state index in [4.69, 9.17) is 0 Å². The third-order valence-electron chi connectivity index (χ3n) is 30.2. The molecule has 10 aromatic heterocycles. The maximum atomic E-state index is 13.5. The number of nitrogens with zero attached hydrogens (tertiary/aromatic N) is 6. The average molecular weight is 2030 g/mol. The van der Waals surface area contributed by atoms with E-state index < -0.39 is 19.7 Å². The van der Waals surface area contributed by atoms with Crippen LogP contribution >= 0.6 is 45.3 Å². The van der Waals surface area contributed by atoms with Gasteiger partial charge in [-0.05, 0) is 266 Å². The van der Waals surface area contributed by atoms with E-state index in [2.05, 4.69) is 365 Å². The molecule has 0 aliphatic carbocycles. The number of sulfone groups is 2. The molecule has 14 aromatic carbocycles. The minimum atomic E-state index is -4.00. The van der Waals surface area contributed by atoms with Crippen LogP contribution in [-0.2, 0) is 43.3 Å². The second-order valence-corrected chi connectivity index (χ2v) is 49.2. The number of para-hydroxylation sites is 6. The Bertz CT molecular complexity index is 9220. The largest absolute Gasteiger partial charge is 0.309 e. The van der Waals surface area contributed by atoms with Crippen molar-refractivity contribution in [3.63, 3.8) is 0 Å². The van der Waals surface area contributed by atoms with Gasteiger partial charge in [0.05, 0.1) is 85.0 Å². The summed E-state index contributed by atoms with van der Waals surface area (Å²) in [6.45, 7) is 32.2. The first-order valence-electron chi connectivity index (χ1n) is 50.3. The van der Waals surface area contributed by atoms with Crippen LogP contribution in [0.3, 0.4) is 0 Å². The summed E-state index contributed by atoms with van der Waals surface area (Å²) >= 11 is 6.89. The smallest absolute Gasteiger partial charge is 0.246 e. The number of thiophene rings is 4. The molecule has 3 aliphatic rings. The molecule has 0 amide bonds. The van der Waals surface area contributed by atoms with Crippen molar-refractivity contribution < 1.29 is 21.6 Å². The SMILES string of the molecule is CC(C)(C)c1ccc2c(c1)c1cc(C(C)(C)C)ccc1n2-c1sccc1-c1ccc(C(=O)c2ccccn2)nc1.Cc1cc(C)c2c(c1)Cc1cc(C)cc(C)c1B2c1ccsc1-n1c2ccccc2c2ccccc21.Cc1cc(C)c2c(c1)Cc1cc(C)cc(C)c1B2c1cscc1-n1c2ccccc2c2ccccc21.O=S1(=O)c2ccccc2S(=O)(=O)c2cc(-c3sccc3-n3c4ccccc4c4ccccc43)ccc21. The van der Waals surface area contributed by atoms with Gasteiger partial charge in [-0.15, -0.1) is 34.0 Å². The fourth-order valence-corrected chi connectivity index (χ4v) is 31.6. The zero-order valence-electron chi connectivity index (χ0n) is 84.9. The van der Waals surface area contributed by atoms with Crippen molar-refractivity contribution in [1.82, 2.24) is 28.2 Å². The predicted octanol–water partition coefficient (Wildman–Crippen LogP) is 28.6. The van der Waals surface area contributed by atoms with E-state index in [-0.39, 0.29) is 49.6 Å². The third-order valence-corrected chi connectivity index (χ3v) is 37.7. The summed E-state index contributed by atoms with van der Waals surface area (Å²) in [5.41, 5.74) is 43.8. The number of carbonyl (C=O) groups excluding carboxylic acids is 1. The number of aromatic nitrogens is 6. The molecule has 0 bridgehead atoms. The van der Waals surface area contributed by atoms with Gasteiger partial charge in [0.15, 0.2) is 0 Å². The zero-order valence-corrected chi connectivity index (χ0v) is 89.8. The number of hydrogen-bond acceptors (Lipinski definition) is 11. The first-order chi connectivity index (χ1) is 71.4. The molecule has 0 saturated carbocycles. The molecule has 27 rings (SSSR count). The molecule has 24 aromatic rings. The molecule has 724 valence electrons. The number of ketones is 1. The molecule has 0 saturated heterocycles. The first kappa shape index (κ1) is 95.3. The zero-order chi connectivity index (χ0) is 102. The van der Waals surface area contributed by atoms with Crippen LogP contribution in [0.1, 0.15) is 136 Å². The number of aryl methyl sites for hydroxylation is 8. The number of pyridine rings is 2. The van der Waals surface area contributed by atoms with E-state index in [0.717, 1.165) is 61.3 Å². The molecule has 0 fully saturated rings. The van der Waals surface area contributed by atoms with Gasteiger partial charge in [-0.1, -0.05) is 314 Å². The Balaban J connectivity index is 0.000000105. The summed E-state index contributed by atoms with van der Waals surface area (Å²) in [6.07, 6.45) is 5.45. The Morgan fingerprint density at radius 2 is 0.696 bits per heavy atom. The maximum absolute atomic E-state index is 13.5. The van der Waals surface area contributed by atoms with Crippen molar-refractivity contribution in [2.24, 2.45) is 0 Å². The quantitative estimate of drug-likeness (QED) is 0.0984. The van der Waals surface area contributed by atoms with Crippen molar-refractivity contribution >= 4 is 204 Å². The maximum Gasteiger partial charge on any atom is 0.246 e. The van der Waals surface area contributed by atoms with Crippen LogP contribution in [0.4, 0.5) is 0 Å². The molecular formula is C129H106B2N6O5S6. The van der Waals surface area contributed by atoms with Crippen molar-refractivity contribution in [2.45, 2.75) is 140 Å². The van der Waals surface area contributed by atoms with Gasteiger partial charge >= 0.3 is 0 Å². The molecular weight excluding hydrogens is 1930 g/mol. The Labute approximate surface area is 879 Å². The van der Waals surface area contributed by atoms with Crippen LogP contribution in [0.5, 0.6) is 0 Å². The molecule has 11 nitrogen and oxygen atoms in total. The Morgan fingerprint density at radius 1 is 0.318 bits per heavy atom. The van der Waals surface area contributed by atoms with E-state index in [1.807, 2.05) is 70.5 Å². The van der Waals surface area contributed by atoms with Crippen molar-refractivity contribution in [3.8, 4) is 42.9 Å². The molecule has 3 aliphatic heterocycles. The van der Waals surface area contributed by atoms with Crippen LogP contribution in [0.2, 0.25) is 0 Å². The Kier molecular flexibility index (Phi) is 23.7. The highest BCUT2D eigenvalue weighted by Crippen LogP contribution is 2.48. The fraction of sp³-hybridized carbons (Fsp3) is 0.140. The van der Waals surface area contributed by atoms with Gasteiger partial charge in [-0.25, -0.2) is 16.8 Å². The molecule has 0 N–H and O–H groups in total. The minimum absolute atomic E-state index is 0.0540. The van der Waals surface area contributed by atoms with Gasteiger partial charge in [0.25, 0.3) is 0 Å². The molecule has 19 heteroatoms. The van der Waals surface area contributed by atoms with Gasteiger partial charge in [-0.2, -0.15) is 11.3 Å². The van der Waals surface area contributed by atoms with Gasteiger partial charge < -0.3 is 18.3 Å².